The molecule has 1 N–H and O–H groups in total. The van der Waals surface area contributed by atoms with Crippen molar-refractivity contribution in [2.45, 2.75) is 24.9 Å². The zero-order valence-electron chi connectivity index (χ0n) is 13.0. The number of rotatable bonds is 2. The molecule has 4 heterocycles. The summed E-state index contributed by atoms with van der Waals surface area (Å²) in [7, 11) is 0. The van der Waals surface area contributed by atoms with E-state index in [0.717, 1.165) is 22.4 Å². The standard InChI is InChI=1S/C17H17NO4S2/c19-15(11-2-8-23-10-11)18-5-3-17(4-6-18)12-9-14(16(20)21)24-13(12)1-7-22-17/h2,8-10H,1,3-7H2,(H,20,21). The molecule has 0 aliphatic carbocycles. The van der Waals surface area contributed by atoms with Crippen LogP contribution in [-0.4, -0.2) is 41.6 Å². The highest BCUT2D eigenvalue weighted by Crippen LogP contribution is 2.44. The van der Waals surface area contributed by atoms with Crippen molar-refractivity contribution >= 4 is 34.6 Å². The molecule has 4 rings (SSSR count). The van der Waals surface area contributed by atoms with Crippen LogP contribution in [0.15, 0.2) is 22.9 Å². The lowest BCUT2D eigenvalue weighted by atomic mass is 9.82. The Morgan fingerprint density at radius 1 is 1.29 bits per heavy atom. The van der Waals surface area contributed by atoms with Gasteiger partial charge in [0.1, 0.15) is 4.88 Å². The first-order chi connectivity index (χ1) is 11.6. The first-order valence-electron chi connectivity index (χ1n) is 7.91. The maximum absolute atomic E-state index is 12.5. The lowest BCUT2D eigenvalue weighted by Gasteiger charge is -2.44. The number of hydrogen-bond acceptors (Lipinski definition) is 5. The fraction of sp³-hybridized carbons (Fsp3) is 0.412. The molecule has 1 spiro atoms. The number of ether oxygens (including phenoxy) is 1. The molecule has 2 aliphatic rings. The molecule has 0 aromatic carbocycles. The van der Waals surface area contributed by atoms with Gasteiger partial charge in [0.15, 0.2) is 0 Å². The van der Waals surface area contributed by atoms with Gasteiger partial charge in [-0.3, -0.25) is 4.79 Å². The molecule has 0 atom stereocenters. The van der Waals surface area contributed by atoms with Gasteiger partial charge in [-0.25, -0.2) is 4.79 Å². The molecule has 126 valence electrons. The van der Waals surface area contributed by atoms with Gasteiger partial charge in [0.2, 0.25) is 0 Å². The minimum Gasteiger partial charge on any atom is -0.477 e. The third-order valence-corrected chi connectivity index (χ3v) is 6.71. The molecule has 2 aromatic heterocycles. The number of aromatic carboxylic acids is 1. The SMILES string of the molecule is O=C(O)c1cc2c(s1)CCOC21CCN(C(=O)c2ccsc2)CC1. The number of carbonyl (C=O) groups excluding carboxylic acids is 1. The lowest BCUT2D eigenvalue weighted by Crippen LogP contribution is -2.48. The molecule has 1 fully saturated rings. The predicted molar refractivity (Wildman–Crippen MR) is 92.1 cm³/mol. The van der Waals surface area contributed by atoms with Crippen molar-refractivity contribution in [3.63, 3.8) is 0 Å². The van der Waals surface area contributed by atoms with Crippen LogP contribution >= 0.6 is 22.7 Å². The maximum Gasteiger partial charge on any atom is 0.345 e. The van der Waals surface area contributed by atoms with Gasteiger partial charge >= 0.3 is 5.97 Å². The fourth-order valence-corrected chi connectivity index (χ4v) is 5.28. The van der Waals surface area contributed by atoms with Crippen molar-refractivity contribution in [1.29, 1.82) is 0 Å². The number of amides is 1. The van der Waals surface area contributed by atoms with Gasteiger partial charge in [0, 0.05) is 29.8 Å². The number of carboxylic acids is 1. The van der Waals surface area contributed by atoms with Gasteiger partial charge in [-0.15, -0.1) is 11.3 Å². The highest BCUT2D eigenvalue weighted by molar-refractivity contribution is 7.14. The van der Waals surface area contributed by atoms with Gasteiger partial charge in [-0.05, 0) is 35.9 Å². The van der Waals surface area contributed by atoms with Crippen molar-refractivity contribution in [2.75, 3.05) is 19.7 Å². The molecule has 7 heteroatoms. The topological polar surface area (TPSA) is 66.8 Å². The molecule has 5 nitrogen and oxygen atoms in total. The van der Waals surface area contributed by atoms with Crippen LogP contribution in [0.4, 0.5) is 0 Å². The molecule has 0 radical (unpaired) electrons. The number of hydrogen-bond donors (Lipinski definition) is 1. The minimum absolute atomic E-state index is 0.0682. The Morgan fingerprint density at radius 3 is 2.75 bits per heavy atom. The zero-order chi connectivity index (χ0) is 16.7. The number of thiophene rings is 2. The fourth-order valence-electron chi connectivity index (χ4n) is 3.58. The van der Waals surface area contributed by atoms with E-state index in [1.807, 2.05) is 21.7 Å². The zero-order valence-corrected chi connectivity index (χ0v) is 14.6. The second-order valence-electron chi connectivity index (χ2n) is 6.15. The predicted octanol–water partition coefficient (Wildman–Crippen LogP) is 3.21. The Bertz CT molecular complexity index is 773. The van der Waals surface area contributed by atoms with Crippen LogP contribution in [0.2, 0.25) is 0 Å². The van der Waals surface area contributed by atoms with Gasteiger partial charge in [0.25, 0.3) is 5.91 Å². The number of piperidine rings is 1. The van der Waals surface area contributed by atoms with Crippen molar-refractivity contribution in [1.82, 2.24) is 4.90 Å². The Hall–Kier alpha value is -1.70. The van der Waals surface area contributed by atoms with Crippen LogP contribution in [-0.2, 0) is 16.8 Å². The molecule has 1 amide bonds. The highest BCUT2D eigenvalue weighted by Gasteiger charge is 2.43. The van der Waals surface area contributed by atoms with Gasteiger partial charge in [-0.1, -0.05) is 0 Å². The molecule has 1 saturated heterocycles. The van der Waals surface area contributed by atoms with E-state index in [-0.39, 0.29) is 5.91 Å². The second-order valence-corrected chi connectivity index (χ2v) is 8.07. The summed E-state index contributed by atoms with van der Waals surface area (Å²) >= 11 is 2.88. The first-order valence-corrected chi connectivity index (χ1v) is 9.67. The third kappa shape index (κ3) is 2.56. The van der Waals surface area contributed by atoms with Crippen molar-refractivity contribution in [2.24, 2.45) is 0 Å². The molecular weight excluding hydrogens is 346 g/mol. The normalized spacial score (nSPS) is 19.2. The number of fused-ring (bicyclic) bond motifs is 2. The summed E-state index contributed by atoms with van der Waals surface area (Å²) in [5, 5.41) is 13.0. The summed E-state index contributed by atoms with van der Waals surface area (Å²) in [6.45, 7) is 1.88. The summed E-state index contributed by atoms with van der Waals surface area (Å²) < 4.78 is 6.12. The molecule has 0 bridgehead atoms. The van der Waals surface area contributed by atoms with Crippen LogP contribution in [0.3, 0.4) is 0 Å². The number of nitrogens with zero attached hydrogens (tertiary/aromatic N) is 1. The highest BCUT2D eigenvalue weighted by atomic mass is 32.1. The summed E-state index contributed by atoms with van der Waals surface area (Å²) in [5.74, 6) is -0.812. The van der Waals surface area contributed by atoms with Crippen molar-refractivity contribution in [3.05, 3.63) is 43.8 Å². The quantitative estimate of drug-likeness (QED) is 0.890. The monoisotopic (exact) mass is 363 g/mol. The van der Waals surface area contributed by atoms with Crippen molar-refractivity contribution < 1.29 is 19.4 Å². The van der Waals surface area contributed by atoms with Crippen molar-refractivity contribution in [3.8, 4) is 0 Å². The summed E-state index contributed by atoms with van der Waals surface area (Å²) in [6.07, 6.45) is 2.20. The summed E-state index contributed by atoms with van der Waals surface area (Å²) in [4.78, 5) is 27.1. The Kier molecular flexibility index (Phi) is 3.94. The van der Waals surface area contributed by atoms with Gasteiger partial charge in [0.05, 0.1) is 17.8 Å². The van der Waals surface area contributed by atoms with E-state index in [9.17, 15) is 14.7 Å². The van der Waals surface area contributed by atoms with Crippen LogP contribution in [0.5, 0.6) is 0 Å². The van der Waals surface area contributed by atoms with E-state index < -0.39 is 11.6 Å². The minimum atomic E-state index is -0.880. The van der Waals surface area contributed by atoms with Crippen LogP contribution < -0.4 is 0 Å². The Labute approximate surface area is 147 Å². The van der Waals surface area contributed by atoms with Crippen LogP contribution in [0, 0.1) is 0 Å². The summed E-state index contributed by atoms with van der Waals surface area (Å²) in [6, 6.07) is 3.63. The van der Waals surface area contributed by atoms with Gasteiger partial charge < -0.3 is 14.7 Å². The Morgan fingerprint density at radius 2 is 2.08 bits per heavy atom. The van der Waals surface area contributed by atoms with E-state index >= 15 is 0 Å². The van der Waals surface area contributed by atoms with E-state index in [1.54, 1.807) is 6.07 Å². The smallest absolute Gasteiger partial charge is 0.345 e. The van der Waals surface area contributed by atoms with Gasteiger partial charge in [-0.2, -0.15) is 11.3 Å². The summed E-state index contributed by atoms with van der Waals surface area (Å²) in [5.41, 5.74) is 1.34. The largest absolute Gasteiger partial charge is 0.477 e. The molecule has 2 aromatic rings. The average Bonchev–Trinajstić information content (AvgIpc) is 3.25. The third-order valence-electron chi connectivity index (χ3n) is 4.84. The van der Waals surface area contributed by atoms with E-state index in [0.29, 0.717) is 37.4 Å². The second kappa shape index (κ2) is 5.98. The molecule has 24 heavy (non-hydrogen) atoms. The first kappa shape index (κ1) is 15.8. The molecular formula is C17H17NO4S2. The van der Waals surface area contributed by atoms with Crippen LogP contribution in [0.25, 0.3) is 0 Å². The molecule has 2 aliphatic heterocycles. The number of carbonyl (C=O) groups is 2. The Balaban J connectivity index is 1.55. The van der Waals surface area contributed by atoms with E-state index in [2.05, 4.69) is 0 Å². The van der Waals surface area contributed by atoms with E-state index in [1.165, 1.54) is 22.7 Å². The number of likely N-dealkylation sites (tertiary alicyclic amines) is 1. The lowest BCUT2D eigenvalue weighted by molar-refractivity contribution is -0.0926. The van der Waals surface area contributed by atoms with Crippen LogP contribution in [0.1, 0.15) is 43.3 Å². The number of carboxylic acid groups (broad SMARTS) is 1. The van der Waals surface area contributed by atoms with E-state index in [4.69, 9.17) is 4.74 Å². The maximum atomic E-state index is 12.5. The average molecular weight is 363 g/mol. The molecule has 0 saturated carbocycles. The molecule has 0 unspecified atom stereocenters.